The number of amidine groups is 1. The van der Waals surface area contributed by atoms with Crippen LogP contribution in [-0.2, 0) is 9.53 Å². The topological polar surface area (TPSA) is 77.2 Å². The zero-order valence-electron chi connectivity index (χ0n) is 21.5. The Hall–Kier alpha value is -3.06. The highest BCUT2D eigenvalue weighted by molar-refractivity contribution is 7.12. The van der Waals surface area contributed by atoms with Crippen molar-refractivity contribution in [3.8, 4) is 5.75 Å². The Morgan fingerprint density at radius 1 is 1.25 bits per heavy atom. The molecule has 1 fully saturated rings. The number of thiophene rings is 1. The van der Waals surface area contributed by atoms with Crippen LogP contribution in [0.15, 0.2) is 69.2 Å². The maximum absolute atomic E-state index is 13.6. The van der Waals surface area contributed by atoms with Gasteiger partial charge in [0.1, 0.15) is 23.4 Å². The van der Waals surface area contributed by atoms with Crippen molar-refractivity contribution in [1.29, 1.82) is 0 Å². The third kappa shape index (κ3) is 4.81. The van der Waals surface area contributed by atoms with Crippen molar-refractivity contribution < 1.29 is 14.3 Å². The van der Waals surface area contributed by atoms with E-state index in [-0.39, 0.29) is 12.0 Å². The van der Waals surface area contributed by atoms with Crippen molar-refractivity contribution in [2.24, 2.45) is 16.6 Å². The van der Waals surface area contributed by atoms with E-state index in [1.807, 2.05) is 53.6 Å². The lowest BCUT2D eigenvalue weighted by Crippen LogP contribution is -2.50. The fraction of sp³-hybridized carbons (Fsp3) is 0.448. The molecule has 2 aliphatic heterocycles. The molecule has 6 nitrogen and oxygen atoms in total. The van der Waals surface area contributed by atoms with Gasteiger partial charge < -0.3 is 20.1 Å². The summed E-state index contributed by atoms with van der Waals surface area (Å²) < 4.78 is 12.7. The number of rotatable bonds is 5. The number of benzene rings is 1. The summed E-state index contributed by atoms with van der Waals surface area (Å²) in [5.41, 5.74) is 9.98. The number of hydrogen-bond acceptors (Lipinski definition) is 5. The predicted octanol–water partition coefficient (Wildman–Crippen LogP) is 5.96. The number of allylic oxidation sites excluding steroid dienone is 3. The molecule has 5 rings (SSSR count). The standard InChI is InChI=1S/C29H35N3O3S/c1-18-16-19(2)24-11-13-29(4,35-26(24)20(18)3)28(33)32-14-12-23(17-32)34-22-9-7-21(8-10-22)31-27(30)25-6-5-15-36-25/h5-10,15,19,23H,11-14,16-17H2,1-4H3,(H2,30,31)/t19?,23-,29?/m0/s1. The van der Waals surface area contributed by atoms with E-state index in [0.29, 0.717) is 24.8 Å². The summed E-state index contributed by atoms with van der Waals surface area (Å²) in [7, 11) is 0. The Morgan fingerprint density at radius 3 is 2.75 bits per heavy atom. The summed E-state index contributed by atoms with van der Waals surface area (Å²) in [4.78, 5) is 20.9. The summed E-state index contributed by atoms with van der Waals surface area (Å²) in [6.45, 7) is 9.76. The molecule has 7 heteroatoms. The SMILES string of the molecule is CC1=C(C)C2=C(CCC(C)(C(=O)N3CC[C@H](Oc4ccc(N=C(N)c5cccs5)cc4)C3)O2)C(C)C1. The van der Waals surface area contributed by atoms with E-state index >= 15 is 0 Å². The Morgan fingerprint density at radius 2 is 2.03 bits per heavy atom. The smallest absolute Gasteiger partial charge is 0.266 e. The van der Waals surface area contributed by atoms with Crippen LogP contribution in [0.4, 0.5) is 5.69 Å². The van der Waals surface area contributed by atoms with E-state index in [1.165, 1.54) is 16.7 Å². The van der Waals surface area contributed by atoms with Gasteiger partial charge in [-0.3, -0.25) is 4.79 Å². The molecule has 0 spiro atoms. The lowest BCUT2D eigenvalue weighted by molar-refractivity contribution is -0.153. The largest absolute Gasteiger partial charge is 0.489 e. The highest BCUT2D eigenvalue weighted by atomic mass is 32.1. The number of amides is 1. The summed E-state index contributed by atoms with van der Waals surface area (Å²) >= 11 is 1.57. The normalized spacial score (nSPS) is 26.7. The highest BCUT2D eigenvalue weighted by Crippen LogP contribution is 2.44. The lowest BCUT2D eigenvalue weighted by Gasteiger charge is -2.41. The minimum Gasteiger partial charge on any atom is -0.489 e. The van der Waals surface area contributed by atoms with Crippen LogP contribution in [0.2, 0.25) is 0 Å². The molecular weight excluding hydrogens is 470 g/mol. The second-order valence-electron chi connectivity index (χ2n) is 10.4. The summed E-state index contributed by atoms with van der Waals surface area (Å²) in [5, 5.41) is 1.98. The minimum atomic E-state index is -0.825. The molecule has 2 N–H and O–H groups in total. The number of hydrogen-bond donors (Lipinski definition) is 1. The van der Waals surface area contributed by atoms with Gasteiger partial charge in [-0.15, -0.1) is 11.3 Å². The molecule has 0 radical (unpaired) electrons. The third-order valence-electron chi connectivity index (χ3n) is 7.73. The summed E-state index contributed by atoms with van der Waals surface area (Å²) in [6.07, 6.45) is 3.48. The molecule has 190 valence electrons. The van der Waals surface area contributed by atoms with E-state index < -0.39 is 5.60 Å². The van der Waals surface area contributed by atoms with Gasteiger partial charge >= 0.3 is 0 Å². The van der Waals surface area contributed by atoms with Crippen molar-refractivity contribution >= 4 is 28.8 Å². The van der Waals surface area contributed by atoms with Crippen LogP contribution >= 0.6 is 11.3 Å². The Labute approximate surface area is 217 Å². The molecule has 1 amide bonds. The fourth-order valence-corrected chi connectivity index (χ4v) is 6.08. The van der Waals surface area contributed by atoms with Crippen molar-refractivity contribution in [3.63, 3.8) is 0 Å². The first kappa shape index (κ1) is 24.6. The number of nitrogens with two attached hydrogens (primary N) is 1. The van der Waals surface area contributed by atoms with Crippen molar-refractivity contribution in [3.05, 3.63) is 69.1 Å². The van der Waals surface area contributed by atoms with Crippen molar-refractivity contribution in [2.75, 3.05) is 13.1 Å². The molecule has 2 aromatic rings. The van der Waals surface area contributed by atoms with Gasteiger partial charge in [0.2, 0.25) is 0 Å². The van der Waals surface area contributed by atoms with Gasteiger partial charge in [-0.25, -0.2) is 4.99 Å². The highest BCUT2D eigenvalue weighted by Gasteiger charge is 2.46. The molecule has 1 aromatic carbocycles. The molecule has 0 saturated carbocycles. The molecule has 3 aliphatic rings. The van der Waals surface area contributed by atoms with Gasteiger partial charge in [-0.1, -0.05) is 18.6 Å². The van der Waals surface area contributed by atoms with Gasteiger partial charge in [0.15, 0.2) is 5.60 Å². The Balaban J connectivity index is 1.20. The van der Waals surface area contributed by atoms with Crippen LogP contribution < -0.4 is 10.5 Å². The van der Waals surface area contributed by atoms with Gasteiger partial charge in [0.05, 0.1) is 17.1 Å². The van der Waals surface area contributed by atoms with Crippen molar-refractivity contribution in [1.82, 2.24) is 4.90 Å². The second kappa shape index (κ2) is 9.77. The lowest BCUT2D eigenvalue weighted by atomic mass is 9.78. The molecule has 2 unspecified atom stereocenters. The molecule has 3 atom stereocenters. The number of nitrogens with zero attached hydrogens (tertiary/aromatic N) is 2. The first-order valence-electron chi connectivity index (χ1n) is 12.8. The fourth-order valence-electron chi connectivity index (χ4n) is 5.45. The van der Waals surface area contributed by atoms with E-state index in [4.69, 9.17) is 15.2 Å². The summed E-state index contributed by atoms with van der Waals surface area (Å²) in [5.74, 6) is 2.79. The van der Waals surface area contributed by atoms with Gasteiger partial charge in [0.25, 0.3) is 5.91 Å². The van der Waals surface area contributed by atoms with Crippen LogP contribution in [-0.4, -0.2) is 41.4 Å². The van der Waals surface area contributed by atoms with Crippen LogP contribution in [0.1, 0.15) is 58.3 Å². The first-order chi connectivity index (χ1) is 17.2. The maximum atomic E-state index is 13.6. The maximum Gasteiger partial charge on any atom is 0.266 e. The average Bonchev–Trinajstić information content (AvgIpc) is 3.56. The number of ether oxygens (including phenoxy) is 2. The van der Waals surface area contributed by atoms with Gasteiger partial charge in [0, 0.05) is 13.0 Å². The Kier molecular flexibility index (Phi) is 6.68. The number of aliphatic imine (C=N–C) groups is 1. The number of carbonyl (C=O) groups is 1. The third-order valence-corrected chi connectivity index (χ3v) is 8.62. The molecule has 3 heterocycles. The van der Waals surface area contributed by atoms with Crippen LogP contribution in [0.3, 0.4) is 0 Å². The minimum absolute atomic E-state index is 0.0416. The molecule has 1 aliphatic carbocycles. The van der Waals surface area contributed by atoms with E-state index in [1.54, 1.807) is 11.3 Å². The average molecular weight is 506 g/mol. The predicted molar refractivity (Wildman–Crippen MR) is 145 cm³/mol. The zero-order valence-corrected chi connectivity index (χ0v) is 22.4. The zero-order chi connectivity index (χ0) is 25.4. The molecule has 0 bridgehead atoms. The van der Waals surface area contributed by atoms with E-state index in [0.717, 1.165) is 47.8 Å². The van der Waals surface area contributed by atoms with Crippen molar-refractivity contribution in [2.45, 2.75) is 65.1 Å². The molecular formula is C29H35N3O3S. The number of carbonyl (C=O) groups excluding carboxylic acids is 1. The first-order valence-corrected chi connectivity index (χ1v) is 13.6. The Bertz CT molecular complexity index is 1230. The molecule has 36 heavy (non-hydrogen) atoms. The molecule has 1 saturated heterocycles. The quantitative estimate of drug-likeness (QED) is 0.402. The van der Waals surface area contributed by atoms with Crippen LogP contribution in [0, 0.1) is 5.92 Å². The number of likely N-dealkylation sites (tertiary alicyclic amines) is 1. The van der Waals surface area contributed by atoms with Crippen LogP contribution in [0.25, 0.3) is 0 Å². The second-order valence-corrected chi connectivity index (χ2v) is 11.4. The molecule has 1 aromatic heterocycles. The van der Waals surface area contributed by atoms with Gasteiger partial charge in [-0.2, -0.15) is 0 Å². The van der Waals surface area contributed by atoms with Crippen LogP contribution in [0.5, 0.6) is 5.75 Å². The van der Waals surface area contributed by atoms with E-state index in [2.05, 4.69) is 25.8 Å². The van der Waals surface area contributed by atoms with Gasteiger partial charge in [-0.05, 0) is 92.8 Å². The van der Waals surface area contributed by atoms with E-state index in [9.17, 15) is 4.79 Å². The summed E-state index contributed by atoms with van der Waals surface area (Å²) in [6, 6.07) is 11.5. The monoisotopic (exact) mass is 505 g/mol.